The summed E-state index contributed by atoms with van der Waals surface area (Å²) in [6, 6.07) is -0.352. The molecule has 0 aromatic heterocycles. The lowest BCUT2D eigenvalue weighted by Crippen LogP contribution is -2.46. The minimum Gasteiger partial charge on any atom is -0.481 e. The van der Waals surface area contributed by atoms with Crippen LogP contribution in [0.1, 0.15) is 26.7 Å². The van der Waals surface area contributed by atoms with E-state index in [1.807, 2.05) is 13.8 Å². The summed E-state index contributed by atoms with van der Waals surface area (Å²) in [5.74, 6) is -1.08. The maximum atomic E-state index is 12.1. The summed E-state index contributed by atoms with van der Waals surface area (Å²) in [6.07, 6.45) is 0.136. The van der Waals surface area contributed by atoms with Crippen molar-refractivity contribution in [3.8, 4) is 0 Å². The third-order valence-electron chi connectivity index (χ3n) is 2.72. The number of carboxylic acids is 1. The van der Waals surface area contributed by atoms with Gasteiger partial charge in [0.1, 0.15) is 0 Å². The molecule has 0 bridgehead atoms. The molecule has 0 spiro atoms. The van der Waals surface area contributed by atoms with Crippen molar-refractivity contribution in [2.24, 2.45) is 0 Å². The number of carboxylic acid groups (broad SMARTS) is 1. The molecule has 0 aromatic rings. The largest absolute Gasteiger partial charge is 0.481 e. The highest BCUT2D eigenvalue weighted by molar-refractivity contribution is 5.78. The van der Waals surface area contributed by atoms with Crippen LogP contribution in [0.5, 0.6) is 0 Å². The van der Waals surface area contributed by atoms with E-state index in [2.05, 4.69) is 5.32 Å². The van der Waals surface area contributed by atoms with E-state index in [1.54, 1.807) is 7.05 Å². The summed E-state index contributed by atoms with van der Waals surface area (Å²) in [4.78, 5) is 36.7. The molecule has 0 atom stereocenters. The van der Waals surface area contributed by atoms with E-state index in [9.17, 15) is 14.4 Å². The van der Waals surface area contributed by atoms with Gasteiger partial charge in [-0.2, -0.15) is 0 Å². The van der Waals surface area contributed by atoms with Gasteiger partial charge in [0.25, 0.3) is 0 Å². The molecule has 0 unspecified atom stereocenters. The van der Waals surface area contributed by atoms with E-state index in [1.165, 1.54) is 16.8 Å². The summed E-state index contributed by atoms with van der Waals surface area (Å²) in [7, 11) is 3.14. The maximum absolute atomic E-state index is 12.1. The number of nitrogens with one attached hydrogen (secondary N) is 1. The van der Waals surface area contributed by atoms with Gasteiger partial charge >= 0.3 is 12.0 Å². The van der Waals surface area contributed by atoms with Crippen LogP contribution < -0.4 is 5.32 Å². The van der Waals surface area contributed by atoms with E-state index in [4.69, 9.17) is 5.11 Å². The second kappa shape index (κ2) is 8.34. The van der Waals surface area contributed by atoms with Gasteiger partial charge in [0, 0.05) is 39.6 Å². The van der Waals surface area contributed by atoms with Crippen molar-refractivity contribution in [3.05, 3.63) is 0 Å². The Hall–Kier alpha value is -1.79. The van der Waals surface area contributed by atoms with Crippen molar-refractivity contribution in [1.29, 1.82) is 0 Å². The van der Waals surface area contributed by atoms with Gasteiger partial charge in [-0.3, -0.25) is 9.59 Å². The highest BCUT2D eigenvalue weighted by Crippen LogP contribution is 2.05. The molecule has 0 aliphatic rings. The van der Waals surface area contributed by atoms with E-state index >= 15 is 0 Å². The van der Waals surface area contributed by atoms with E-state index < -0.39 is 5.97 Å². The zero-order valence-corrected chi connectivity index (χ0v) is 12.0. The average Bonchev–Trinajstić information content (AvgIpc) is 2.34. The lowest BCUT2D eigenvalue weighted by molar-refractivity contribution is -0.137. The van der Waals surface area contributed by atoms with Crippen LogP contribution in [-0.4, -0.2) is 66.0 Å². The van der Waals surface area contributed by atoms with Gasteiger partial charge in [-0.05, 0) is 13.8 Å². The predicted octanol–water partition coefficient (Wildman–Crippen LogP) is 0.359. The Balaban J connectivity index is 4.44. The number of nitrogens with zero attached hydrogens (tertiary/aromatic N) is 2. The first-order valence-corrected chi connectivity index (χ1v) is 6.23. The van der Waals surface area contributed by atoms with Crippen LogP contribution in [0, 0.1) is 0 Å². The van der Waals surface area contributed by atoms with Crippen molar-refractivity contribution >= 4 is 17.9 Å². The fourth-order valence-corrected chi connectivity index (χ4v) is 1.50. The molecule has 0 aromatic carbocycles. The van der Waals surface area contributed by atoms with Crippen LogP contribution in [-0.2, 0) is 9.59 Å². The Labute approximate surface area is 113 Å². The quantitative estimate of drug-likeness (QED) is 0.700. The zero-order valence-electron chi connectivity index (χ0n) is 12.0. The van der Waals surface area contributed by atoms with Gasteiger partial charge in [0.05, 0.1) is 6.42 Å². The van der Waals surface area contributed by atoms with Gasteiger partial charge in [-0.15, -0.1) is 0 Å². The topological polar surface area (TPSA) is 90.0 Å². The van der Waals surface area contributed by atoms with Crippen LogP contribution in [0.25, 0.3) is 0 Å². The molecule has 110 valence electrons. The minimum absolute atomic E-state index is 0.0886. The van der Waals surface area contributed by atoms with Crippen molar-refractivity contribution in [3.63, 3.8) is 0 Å². The smallest absolute Gasteiger partial charge is 0.319 e. The van der Waals surface area contributed by atoms with Crippen LogP contribution in [0.15, 0.2) is 0 Å². The number of hydrogen-bond acceptors (Lipinski definition) is 3. The number of amides is 3. The van der Waals surface area contributed by atoms with Gasteiger partial charge < -0.3 is 20.2 Å². The number of aliphatic carboxylic acids is 1. The predicted molar refractivity (Wildman–Crippen MR) is 70.8 cm³/mol. The molecule has 19 heavy (non-hydrogen) atoms. The Kier molecular flexibility index (Phi) is 7.55. The van der Waals surface area contributed by atoms with Crippen LogP contribution >= 0.6 is 0 Å². The molecule has 0 radical (unpaired) electrons. The number of carbonyl (C=O) groups is 3. The summed E-state index contributed by atoms with van der Waals surface area (Å²) in [5.41, 5.74) is 0. The Morgan fingerprint density at radius 2 is 1.74 bits per heavy atom. The third-order valence-corrected chi connectivity index (χ3v) is 2.72. The molecule has 0 rings (SSSR count). The van der Waals surface area contributed by atoms with Crippen LogP contribution in [0.4, 0.5) is 4.79 Å². The first-order chi connectivity index (χ1) is 8.79. The molecule has 7 heteroatoms. The minimum atomic E-state index is -0.938. The van der Waals surface area contributed by atoms with Gasteiger partial charge in [0.15, 0.2) is 0 Å². The van der Waals surface area contributed by atoms with Crippen LogP contribution in [0.3, 0.4) is 0 Å². The van der Waals surface area contributed by atoms with E-state index in [0.717, 1.165) is 0 Å². The molecule has 0 fully saturated rings. The number of carbonyl (C=O) groups excluding carboxylic acids is 2. The SMILES string of the molecule is CNC(=O)CCN(C)C(=O)N(CCC(=O)O)C(C)C. The van der Waals surface area contributed by atoms with Gasteiger partial charge in [-0.1, -0.05) is 0 Å². The molecule has 3 amide bonds. The van der Waals surface area contributed by atoms with Crippen molar-refractivity contribution in [2.75, 3.05) is 27.2 Å². The Morgan fingerprint density at radius 3 is 2.16 bits per heavy atom. The monoisotopic (exact) mass is 273 g/mol. The first kappa shape index (κ1) is 17.2. The molecule has 0 heterocycles. The lowest BCUT2D eigenvalue weighted by atomic mass is 10.3. The Bertz CT molecular complexity index is 331. The van der Waals surface area contributed by atoms with Gasteiger partial charge in [0.2, 0.25) is 5.91 Å². The standard InChI is InChI=1S/C12H23N3O4/c1-9(2)15(8-6-11(17)18)12(19)14(4)7-5-10(16)13-3/h9H,5-8H2,1-4H3,(H,13,16)(H,17,18). The first-order valence-electron chi connectivity index (χ1n) is 6.23. The van der Waals surface area contributed by atoms with E-state index in [0.29, 0.717) is 6.54 Å². The van der Waals surface area contributed by atoms with Gasteiger partial charge in [-0.25, -0.2) is 4.79 Å². The summed E-state index contributed by atoms with van der Waals surface area (Å²) in [5, 5.41) is 11.2. The number of rotatable bonds is 7. The van der Waals surface area contributed by atoms with E-state index in [-0.39, 0.29) is 37.4 Å². The van der Waals surface area contributed by atoms with Crippen molar-refractivity contribution < 1.29 is 19.5 Å². The van der Waals surface area contributed by atoms with Crippen molar-refractivity contribution in [2.45, 2.75) is 32.7 Å². The highest BCUT2D eigenvalue weighted by atomic mass is 16.4. The lowest BCUT2D eigenvalue weighted by Gasteiger charge is -2.30. The molecule has 0 aliphatic carbocycles. The normalized spacial score (nSPS) is 10.2. The molecular formula is C12H23N3O4. The highest BCUT2D eigenvalue weighted by Gasteiger charge is 2.21. The molecular weight excluding hydrogens is 250 g/mol. The van der Waals surface area contributed by atoms with Crippen LogP contribution in [0.2, 0.25) is 0 Å². The number of urea groups is 1. The van der Waals surface area contributed by atoms with Crippen molar-refractivity contribution in [1.82, 2.24) is 15.1 Å². The molecule has 0 saturated heterocycles. The Morgan fingerprint density at radius 1 is 1.16 bits per heavy atom. The second-order valence-electron chi connectivity index (χ2n) is 4.56. The molecule has 2 N–H and O–H groups in total. The molecule has 0 saturated carbocycles. The fourth-order valence-electron chi connectivity index (χ4n) is 1.50. The fraction of sp³-hybridized carbons (Fsp3) is 0.750. The zero-order chi connectivity index (χ0) is 15.0. The summed E-state index contributed by atoms with van der Waals surface area (Å²) < 4.78 is 0. The maximum Gasteiger partial charge on any atom is 0.319 e. The summed E-state index contributed by atoms with van der Waals surface area (Å²) >= 11 is 0. The summed E-state index contributed by atoms with van der Waals surface area (Å²) in [6.45, 7) is 4.11. The second-order valence-corrected chi connectivity index (χ2v) is 4.56. The number of hydrogen-bond donors (Lipinski definition) is 2. The average molecular weight is 273 g/mol. The third kappa shape index (κ3) is 6.64. The molecule has 0 aliphatic heterocycles. The molecule has 7 nitrogen and oxygen atoms in total.